The highest BCUT2D eigenvalue weighted by Gasteiger charge is 2.23. The molecular formula is C24H25FN2O4S. The summed E-state index contributed by atoms with van der Waals surface area (Å²) >= 11 is 0. The van der Waals surface area contributed by atoms with E-state index in [1.54, 1.807) is 80.6 Å². The third-order valence-corrected chi connectivity index (χ3v) is 6.78. The molecule has 168 valence electrons. The van der Waals surface area contributed by atoms with Gasteiger partial charge in [-0.1, -0.05) is 30.3 Å². The number of rotatable bonds is 9. The van der Waals surface area contributed by atoms with Gasteiger partial charge in [-0.05, 0) is 67.9 Å². The molecule has 0 aliphatic heterocycles. The van der Waals surface area contributed by atoms with Gasteiger partial charge in [0.2, 0.25) is 0 Å². The highest BCUT2D eigenvalue weighted by atomic mass is 32.2. The number of nitrogens with one attached hydrogen (secondary N) is 1. The molecule has 3 rings (SSSR count). The molecule has 3 aromatic carbocycles. The maximum atomic E-state index is 13.0. The molecule has 1 amide bonds. The summed E-state index contributed by atoms with van der Waals surface area (Å²) in [5.74, 6) is -0.225. The first-order valence-corrected chi connectivity index (χ1v) is 11.6. The van der Waals surface area contributed by atoms with E-state index in [0.29, 0.717) is 11.4 Å². The van der Waals surface area contributed by atoms with Crippen molar-refractivity contribution in [2.75, 3.05) is 17.5 Å². The number of benzene rings is 3. The topological polar surface area (TPSA) is 75.7 Å². The molecule has 0 saturated carbocycles. The lowest BCUT2D eigenvalue weighted by molar-refractivity contribution is -0.123. The van der Waals surface area contributed by atoms with Crippen molar-refractivity contribution in [1.29, 1.82) is 0 Å². The quantitative estimate of drug-likeness (QED) is 0.521. The lowest BCUT2D eigenvalue weighted by Crippen LogP contribution is -2.31. The van der Waals surface area contributed by atoms with Gasteiger partial charge >= 0.3 is 0 Å². The Hall–Kier alpha value is -3.39. The normalized spacial score (nSPS) is 12.1. The number of hydrogen-bond donors (Lipinski definition) is 1. The number of nitrogens with zero attached hydrogens (tertiary/aromatic N) is 1. The van der Waals surface area contributed by atoms with Gasteiger partial charge in [0, 0.05) is 6.54 Å². The third kappa shape index (κ3) is 5.64. The van der Waals surface area contributed by atoms with E-state index in [9.17, 15) is 17.6 Å². The minimum atomic E-state index is -3.68. The molecule has 0 spiro atoms. The second-order valence-electron chi connectivity index (χ2n) is 7.11. The van der Waals surface area contributed by atoms with Crippen LogP contribution in [0, 0.1) is 5.82 Å². The second-order valence-corrected chi connectivity index (χ2v) is 8.97. The van der Waals surface area contributed by atoms with Gasteiger partial charge in [-0.15, -0.1) is 0 Å². The van der Waals surface area contributed by atoms with Gasteiger partial charge in [0.05, 0.1) is 16.6 Å². The van der Waals surface area contributed by atoms with Crippen LogP contribution in [-0.2, 0) is 14.8 Å². The number of amides is 1. The Bertz CT molecular complexity index is 1130. The van der Waals surface area contributed by atoms with Crippen molar-refractivity contribution < 1.29 is 22.3 Å². The maximum Gasteiger partial charge on any atom is 0.264 e. The van der Waals surface area contributed by atoms with Gasteiger partial charge in [-0.3, -0.25) is 9.10 Å². The van der Waals surface area contributed by atoms with Crippen molar-refractivity contribution in [3.05, 3.63) is 90.2 Å². The average molecular weight is 457 g/mol. The van der Waals surface area contributed by atoms with Gasteiger partial charge in [0.1, 0.15) is 11.6 Å². The highest BCUT2D eigenvalue weighted by molar-refractivity contribution is 7.92. The van der Waals surface area contributed by atoms with Crippen molar-refractivity contribution in [2.24, 2.45) is 0 Å². The van der Waals surface area contributed by atoms with Crippen molar-refractivity contribution in [2.45, 2.75) is 24.8 Å². The molecule has 6 nitrogen and oxygen atoms in total. The first kappa shape index (κ1) is 23.3. The van der Waals surface area contributed by atoms with Gasteiger partial charge in [0.15, 0.2) is 6.61 Å². The first-order valence-electron chi connectivity index (χ1n) is 10.2. The number of sulfonamides is 1. The van der Waals surface area contributed by atoms with Gasteiger partial charge in [-0.2, -0.15) is 0 Å². The van der Waals surface area contributed by atoms with Gasteiger partial charge in [-0.25, -0.2) is 12.8 Å². The van der Waals surface area contributed by atoms with Crippen molar-refractivity contribution in [1.82, 2.24) is 5.32 Å². The number of carbonyl (C=O) groups excluding carboxylic acids is 1. The number of hydrogen-bond acceptors (Lipinski definition) is 4. The Balaban J connectivity index is 1.60. The van der Waals surface area contributed by atoms with Crippen LogP contribution >= 0.6 is 0 Å². The fourth-order valence-electron chi connectivity index (χ4n) is 3.19. The molecule has 8 heteroatoms. The Labute approximate surface area is 187 Å². The number of halogens is 1. The molecule has 0 bridgehead atoms. The molecule has 1 N–H and O–H groups in total. The van der Waals surface area contributed by atoms with Crippen LogP contribution in [0.4, 0.5) is 10.1 Å². The Morgan fingerprint density at radius 2 is 1.62 bits per heavy atom. The number of anilines is 1. The second kappa shape index (κ2) is 10.3. The van der Waals surface area contributed by atoms with Crippen LogP contribution in [-0.4, -0.2) is 27.5 Å². The van der Waals surface area contributed by atoms with Crippen LogP contribution in [0.1, 0.15) is 25.5 Å². The average Bonchev–Trinajstić information content (AvgIpc) is 2.80. The van der Waals surface area contributed by atoms with Crippen LogP contribution in [0.15, 0.2) is 83.8 Å². The van der Waals surface area contributed by atoms with Crippen LogP contribution < -0.4 is 14.4 Å². The summed E-state index contributed by atoms with van der Waals surface area (Å²) in [5.41, 5.74) is 1.28. The molecule has 1 unspecified atom stereocenters. The summed E-state index contributed by atoms with van der Waals surface area (Å²) in [6, 6.07) is 20.4. The van der Waals surface area contributed by atoms with E-state index in [-0.39, 0.29) is 35.8 Å². The number of carbonyl (C=O) groups is 1. The highest BCUT2D eigenvalue weighted by Crippen LogP contribution is 2.25. The Kier molecular flexibility index (Phi) is 7.48. The summed E-state index contributed by atoms with van der Waals surface area (Å²) in [6.07, 6.45) is 0. The minimum Gasteiger partial charge on any atom is -0.484 e. The summed E-state index contributed by atoms with van der Waals surface area (Å²) in [5, 5.41) is 2.79. The summed E-state index contributed by atoms with van der Waals surface area (Å²) in [6.45, 7) is 3.62. The molecule has 0 aliphatic rings. The van der Waals surface area contributed by atoms with E-state index in [0.717, 1.165) is 5.56 Å². The molecule has 1 atom stereocenters. The molecule has 0 aliphatic carbocycles. The molecule has 32 heavy (non-hydrogen) atoms. The van der Waals surface area contributed by atoms with Crippen molar-refractivity contribution in [3.8, 4) is 5.75 Å². The predicted molar refractivity (Wildman–Crippen MR) is 122 cm³/mol. The van der Waals surface area contributed by atoms with E-state index >= 15 is 0 Å². The summed E-state index contributed by atoms with van der Waals surface area (Å²) in [4.78, 5) is 12.4. The molecule has 0 heterocycles. The smallest absolute Gasteiger partial charge is 0.264 e. The monoisotopic (exact) mass is 456 g/mol. The largest absolute Gasteiger partial charge is 0.484 e. The zero-order valence-corrected chi connectivity index (χ0v) is 18.7. The van der Waals surface area contributed by atoms with Crippen LogP contribution in [0.25, 0.3) is 0 Å². The van der Waals surface area contributed by atoms with Crippen LogP contribution in [0.5, 0.6) is 5.75 Å². The van der Waals surface area contributed by atoms with E-state index in [2.05, 4.69) is 5.32 Å². The Morgan fingerprint density at radius 1 is 1.00 bits per heavy atom. The zero-order chi connectivity index (χ0) is 23.1. The summed E-state index contributed by atoms with van der Waals surface area (Å²) < 4.78 is 45.7. The number of ether oxygens (including phenoxy) is 1. The van der Waals surface area contributed by atoms with E-state index in [1.165, 1.54) is 16.4 Å². The lowest BCUT2D eigenvalue weighted by atomic mass is 10.1. The van der Waals surface area contributed by atoms with Crippen molar-refractivity contribution >= 4 is 21.6 Å². The van der Waals surface area contributed by atoms with E-state index in [4.69, 9.17) is 4.74 Å². The van der Waals surface area contributed by atoms with Gasteiger partial charge < -0.3 is 10.1 Å². The predicted octanol–water partition coefficient (Wildman–Crippen LogP) is 4.30. The SMILES string of the molecule is CCN(c1ccc(OCC(=O)NC(C)c2ccc(F)cc2)cc1)S(=O)(=O)c1ccccc1. The fourth-order valence-corrected chi connectivity index (χ4v) is 4.68. The van der Waals surface area contributed by atoms with Crippen molar-refractivity contribution in [3.63, 3.8) is 0 Å². The van der Waals surface area contributed by atoms with Crippen LogP contribution in [0.3, 0.4) is 0 Å². The fraction of sp³-hybridized carbons (Fsp3) is 0.208. The van der Waals surface area contributed by atoms with E-state index in [1.807, 2.05) is 0 Å². The molecule has 3 aromatic rings. The molecule has 0 radical (unpaired) electrons. The molecule has 0 saturated heterocycles. The standard InChI is InChI=1S/C24H25FN2O4S/c1-3-27(32(29,30)23-7-5-4-6-8-23)21-13-15-22(16-14-21)31-17-24(28)26-18(2)19-9-11-20(25)12-10-19/h4-16,18H,3,17H2,1-2H3,(H,26,28). The zero-order valence-electron chi connectivity index (χ0n) is 17.9. The first-order chi connectivity index (χ1) is 15.3. The van der Waals surface area contributed by atoms with E-state index < -0.39 is 10.0 Å². The minimum absolute atomic E-state index is 0.204. The van der Waals surface area contributed by atoms with Crippen LogP contribution in [0.2, 0.25) is 0 Å². The molecule has 0 aromatic heterocycles. The molecule has 0 fully saturated rings. The third-order valence-electron chi connectivity index (χ3n) is 4.86. The lowest BCUT2D eigenvalue weighted by Gasteiger charge is -2.23. The molecular weight excluding hydrogens is 431 g/mol. The maximum absolute atomic E-state index is 13.0. The Morgan fingerprint density at radius 3 is 2.22 bits per heavy atom. The summed E-state index contributed by atoms with van der Waals surface area (Å²) in [7, 11) is -3.68. The van der Waals surface area contributed by atoms with Gasteiger partial charge in [0.25, 0.3) is 15.9 Å².